The number of rotatable bonds is 3. The van der Waals surface area contributed by atoms with Crippen LogP contribution in [0.5, 0.6) is 0 Å². The van der Waals surface area contributed by atoms with Crippen molar-refractivity contribution < 1.29 is 0 Å². The first-order chi connectivity index (χ1) is 28.3. The van der Waals surface area contributed by atoms with E-state index in [2.05, 4.69) is 210 Å². The molecule has 274 valence electrons. The summed E-state index contributed by atoms with van der Waals surface area (Å²) in [6, 6.07) is 68.5. The molecule has 0 nitrogen and oxygen atoms in total. The predicted octanol–water partition coefficient (Wildman–Crippen LogP) is 15.9. The van der Waals surface area contributed by atoms with Gasteiger partial charge in [-0.05, 0) is 127 Å². The van der Waals surface area contributed by atoms with Crippen molar-refractivity contribution >= 4 is 43.1 Å². The van der Waals surface area contributed by atoms with Crippen LogP contribution in [0.1, 0.15) is 49.9 Å². The number of hydrogen-bond acceptors (Lipinski definition) is 0. The zero-order valence-corrected chi connectivity index (χ0v) is 33.3. The second-order valence-corrected chi connectivity index (χ2v) is 17.5. The van der Waals surface area contributed by atoms with E-state index in [4.69, 9.17) is 0 Å². The molecule has 0 saturated heterocycles. The van der Waals surface area contributed by atoms with Crippen LogP contribution in [0.15, 0.2) is 182 Å². The van der Waals surface area contributed by atoms with Crippen molar-refractivity contribution in [1.29, 1.82) is 0 Å². The third-order valence-corrected chi connectivity index (χ3v) is 13.8. The highest BCUT2D eigenvalue weighted by molar-refractivity contribution is 6.26. The minimum Gasteiger partial charge on any atom is -0.0619 e. The first-order valence-electron chi connectivity index (χ1n) is 20.7. The summed E-state index contributed by atoms with van der Waals surface area (Å²) in [7, 11) is 0. The topological polar surface area (TPSA) is 0 Å². The van der Waals surface area contributed by atoms with Gasteiger partial charge in [-0.25, -0.2) is 0 Å². The average molecular weight is 739 g/mol. The Labute approximate surface area is 340 Å². The van der Waals surface area contributed by atoms with Gasteiger partial charge in [-0.15, -0.1) is 0 Å². The molecule has 0 atom stereocenters. The van der Waals surface area contributed by atoms with E-state index >= 15 is 0 Å². The van der Waals surface area contributed by atoms with Gasteiger partial charge in [0.05, 0.1) is 0 Å². The minimum atomic E-state index is -0.179. The average Bonchev–Trinajstić information content (AvgIpc) is 3.64. The Morgan fingerprint density at radius 1 is 0.259 bits per heavy atom. The lowest BCUT2D eigenvalue weighted by Gasteiger charge is -2.28. The summed E-state index contributed by atoms with van der Waals surface area (Å²) in [6.45, 7) is 9.70. The Balaban J connectivity index is 1.17. The van der Waals surface area contributed by atoms with Gasteiger partial charge in [-0.3, -0.25) is 0 Å². The van der Waals surface area contributed by atoms with Gasteiger partial charge in [-0.1, -0.05) is 204 Å². The van der Waals surface area contributed by atoms with Gasteiger partial charge in [0.1, 0.15) is 0 Å². The van der Waals surface area contributed by atoms with E-state index in [0.717, 1.165) is 0 Å². The zero-order chi connectivity index (χ0) is 38.9. The molecular weight excluding hydrogens is 697 g/mol. The number of benzene rings is 10. The number of hydrogen-bond donors (Lipinski definition) is 0. The van der Waals surface area contributed by atoms with Gasteiger partial charge in [0.2, 0.25) is 0 Å². The number of fused-ring (bicyclic) bond motifs is 11. The van der Waals surface area contributed by atoms with Crippen LogP contribution in [0.3, 0.4) is 0 Å². The summed E-state index contributed by atoms with van der Waals surface area (Å²) in [6.07, 6.45) is 0. The molecule has 0 aromatic heterocycles. The summed E-state index contributed by atoms with van der Waals surface area (Å²) in [5.41, 5.74) is 18.7. The van der Waals surface area contributed by atoms with E-state index < -0.39 is 0 Å². The normalized spacial score (nSPS) is 14.5. The molecule has 0 fully saturated rings. The van der Waals surface area contributed by atoms with E-state index in [0.29, 0.717) is 0 Å². The van der Waals surface area contributed by atoms with E-state index in [-0.39, 0.29) is 10.8 Å². The molecule has 10 aromatic rings. The lowest BCUT2D eigenvalue weighted by molar-refractivity contribution is 0.652. The molecule has 0 bridgehead atoms. The van der Waals surface area contributed by atoms with Crippen molar-refractivity contribution in [2.45, 2.75) is 38.5 Å². The summed E-state index contributed by atoms with van der Waals surface area (Å²) >= 11 is 0. The molecule has 0 amide bonds. The molecule has 2 aliphatic rings. The van der Waals surface area contributed by atoms with E-state index in [1.807, 2.05) is 0 Å². The minimum absolute atomic E-state index is 0.128. The molecule has 0 saturated carbocycles. The molecular formula is C58H42. The van der Waals surface area contributed by atoms with Crippen LogP contribution in [0.25, 0.3) is 98.7 Å². The molecule has 0 heteroatoms. The maximum absolute atomic E-state index is 2.58. The van der Waals surface area contributed by atoms with Crippen LogP contribution in [0.2, 0.25) is 0 Å². The Hall–Kier alpha value is -6.76. The maximum Gasteiger partial charge on any atom is 0.0165 e. The fourth-order valence-corrected chi connectivity index (χ4v) is 11.3. The third-order valence-electron chi connectivity index (χ3n) is 13.8. The quantitative estimate of drug-likeness (QED) is 0.158. The summed E-state index contributed by atoms with van der Waals surface area (Å²) in [4.78, 5) is 0. The second kappa shape index (κ2) is 11.9. The van der Waals surface area contributed by atoms with Crippen LogP contribution < -0.4 is 0 Å². The molecule has 12 rings (SSSR count). The maximum atomic E-state index is 2.58. The van der Waals surface area contributed by atoms with Gasteiger partial charge in [0.15, 0.2) is 0 Å². The van der Waals surface area contributed by atoms with Crippen LogP contribution in [0.4, 0.5) is 0 Å². The second-order valence-electron chi connectivity index (χ2n) is 17.5. The zero-order valence-electron chi connectivity index (χ0n) is 33.3. The van der Waals surface area contributed by atoms with Crippen molar-refractivity contribution in [2.24, 2.45) is 0 Å². The van der Waals surface area contributed by atoms with Crippen molar-refractivity contribution in [3.63, 3.8) is 0 Å². The van der Waals surface area contributed by atoms with E-state index in [1.165, 1.54) is 121 Å². The molecule has 0 N–H and O–H groups in total. The molecule has 58 heavy (non-hydrogen) atoms. The fraction of sp³-hybridized carbons (Fsp3) is 0.103. The monoisotopic (exact) mass is 738 g/mol. The first-order valence-corrected chi connectivity index (χ1v) is 20.7. The Morgan fingerprint density at radius 3 is 1.29 bits per heavy atom. The van der Waals surface area contributed by atoms with Crippen LogP contribution in [-0.4, -0.2) is 0 Å². The van der Waals surface area contributed by atoms with Crippen LogP contribution >= 0.6 is 0 Å². The summed E-state index contributed by atoms with van der Waals surface area (Å²) in [5, 5.41) is 10.2. The molecule has 0 heterocycles. The largest absolute Gasteiger partial charge is 0.0619 e. The highest BCUT2D eigenvalue weighted by Gasteiger charge is 2.45. The van der Waals surface area contributed by atoms with Gasteiger partial charge >= 0.3 is 0 Å². The molecule has 0 spiro atoms. The van der Waals surface area contributed by atoms with E-state index in [1.54, 1.807) is 0 Å². The van der Waals surface area contributed by atoms with Gasteiger partial charge in [0, 0.05) is 10.8 Å². The Morgan fingerprint density at radius 2 is 0.672 bits per heavy atom. The molecule has 2 aliphatic carbocycles. The lowest BCUT2D eigenvalue weighted by Crippen LogP contribution is -2.18. The van der Waals surface area contributed by atoms with E-state index in [9.17, 15) is 0 Å². The van der Waals surface area contributed by atoms with Crippen molar-refractivity contribution in [3.05, 3.63) is 204 Å². The van der Waals surface area contributed by atoms with Crippen molar-refractivity contribution in [2.75, 3.05) is 0 Å². The van der Waals surface area contributed by atoms with Gasteiger partial charge < -0.3 is 0 Å². The molecule has 0 aliphatic heterocycles. The molecule has 0 radical (unpaired) electrons. The summed E-state index contributed by atoms with van der Waals surface area (Å²) in [5.74, 6) is 0. The van der Waals surface area contributed by atoms with Gasteiger partial charge in [0.25, 0.3) is 0 Å². The van der Waals surface area contributed by atoms with Crippen LogP contribution in [0, 0.1) is 0 Å². The van der Waals surface area contributed by atoms with Crippen LogP contribution in [-0.2, 0) is 10.8 Å². The first kappa shape index (κ1) is 33.4. The third kappa shape index (κ3) is 4.35. The Kier molecular flexibility index (Phi) is 6.84. The molecule has 10 aromatic carbocycles. The van der Waals surface area contributed by atoms with Gasteiger partial charge in [-0.2, -0.15) is 0 Å². The Bertz CT molecular complexity index is 3330. The SMILES string of the molecule is CC1(C)c2ccccc2-c2c1cc(-c1ccc(-c3c4ccccc4c(-c4cccc5ccccc45)c4ccccc34)c3ccccc13)c1c2-c2ccccc2C1(C)C. The highest BCUT2D eigenvalue weighted by Crippen LogP contribution is 2.62. The fourth-order valence-electron chi connectivity index (χ4n) is 11.3. The molecule has 0 unspecified atom stereocenters. The lowest BCUT2D eigenvalue weighted by atomic mass is 9.74. The standard InChI is InChI=1S/C58H42/c1-57(2)49-30-15-13-27-46(49)54-51(57)34-48(56-55(54)47-28-14-16-31-50(47)58(56,3)4)39-32-33-45(38-22-8-7-21-37(38)39)53-43-25-11-9-23-41(43)52(42-24-10-12-26-44(42)53)40-29-17-19-35-18-5-6-20-36(35)40/h5-34H,1-4H3. The smallest absolute Gasteiger partial charge is 0.0165 e. The predicted molar refractivity (Wildman–Crippen MR) is 248 cm³/mol. The highest BCUT2D eigenvalue weighted by atomic mass is 14.5. The summed E-state index contributed by atoms with van der Waals surface area (Å²) < 4.78 is 0. The van der Waals surface area contributed by atoms with Crippen molar-refractivity contribution in [3.8, 4) is 55.6 Å². The van der Waals surface area contributed by atoms with Crippen molar-refractivity contribution in [1.82, 2.24) is 0 Å².